The number of amides is 1. The van der Waals surface area contributed by atoms with Gasteiger partial charge in [0.1, 0.15) is 0 Å². The number of hydrogen-bond donors (Lipinski definition) is 0. The Morgan fingerprint density at radius 1 is 1.40 bits per heavy atom. The molecule has 0 radical (unpaired) electrons. The second kappa shape index (κ2) is 4.18. The predicted octanol–water partition coefficient (Wildman–Crippen LogP) is 1.93. The van der Waals surface area contributed by atoms with Gasteiger partial charge < -0.3 is 0 Å². The van der Waals surface area contributed by atoms with Crippen LogP contribution in [-0.4, -0.2) is 17.4 Å². The number of rotatable bonds is 0. The van der Waals surface area contributed by atoms with Gasteiger partial charge in [-0.1, -0.05) is 12.1 Å². The highest BCUT2D eigenvalue weighted by molar-refractivity contribution is 5.80. The SMILES string of the molecule is Cc1cccc(C#CN2CCCC2=O)c1. The Morgan fingerprint density at radius 3 is 2.93 bits per heavy atom. The molecule has 0 atom stereocenters. The minimum Gasteiger partial charge on any atom is -0.274 e. The lowest BCUT2D eigenvalue weighted by molar-refractivity contribution is -0.124. The van der Waals surface area contributed by atoms with Gasteiger partial charge in [0.15, 0.2) is 0 Å². The minimum absolute atomic E-state index is 0.148. The molecule has 2 rings (SSSR count). The van der Waals surface area contributed by atoms with Crippen molar-refractivity contribution >= 4 is 5.91 Å². The Bertz CT molecular complexity index is 439. The predicted molar refractivity (Wildman–Crippen MR) is 59.0 cm³/mol. The molecule has 0 aromatic heterocycles. The Hall–Kier alpha value is -1.75. The molecule has 2 heteroatoms. The van der Waals surface area contributed by atoms with Crippen LogP contribution in [0.5, 0.6) is 0 Å². The summed E-state index contributed by atoms with van der Waals surface area (Å²) < 4.78 is 0. The van der Waals surface area contributed by atoms with Crippen LogP contribution in [0.4, 0.5) is 0 Å². The van der Waals surface area contributed by atoms with Gasteiger partial charge in [-0.15, -0.1) is 0 Å². The van der Waals surface area contributed by atoms with Crippen molar-refractivity contribution in [2.45, 2.75) is 19.8 Å². The van der Waals surface area contributed by atoms with Gasteiger partial charge in [-0.3, -0.25) is 9.69 Å². The fourth-order valence-corrected chi connectivity index (χ4v) is 1.62. The highest BCUT2D eigenvalue weighted by Crippen LogP contribution is 2.08. The van der Waals surface area contributed by atoms with E-state index in [1.807, 2.05) is 31.2 Å². The summed E-state index contributed by atoms with van der Waals surface area (Å²) in [5.41, 5.74) is 2.16. The quantitative estimate of drug-likeness (QED) is 0.585. The largest absolute Gasteiger partial charge is 0.274 e. The molecule has 1 heterocycles. The molecule has 1 amide bonds. The van der Waals surface area contributed by atoms with Gasteiger partial charge in [0.2, 0.25) is 5.91 Å². The summed E-state index contributed by atoms with van der Waals surface area (Å²) >= 11 is 0. The number of hydrogen-bond acceptors (Lipinski definition) is 1. The summed E-state index contributed by atoms with van der Waals surface area (Å²) in [7, 11) is 0. The maximum atomic E-state index is 11.3. The minimum atomic E-state index is 0.148. The normalized spacial score (nSPS) is 15.0. The van der Waals surface area contributed by atoms with Crippen molar-refractivity contribution in [1.29, 1.82) is 0 Å². The third-order valence-corrected chi connectivity index (χ3v) is 2.43. The highest BCUT2D eigenvalue weighted by atomic mass is 16.2. The molecule has 1 aliphatic rings. The smallest absolute Gasteiger partial charge is 0.234 e. The van der Waals surface area contributed by atoms with E-state index in [2.05, 4.69) is 12.0 Å². The van der Waals surface area contributed by atoms with Crippen LogP contribution in [0.15, 0.2) is 24.3 Å². The molecular formula is C13H13NO. The van der Waals surface area contributed by atoms with Crippen molar-refractivity contribution in [3.63, 3.8) is 0 Å². The number of likely N-dealkylation sites (tertiary alicyclic amines) is 1. The fraction of sp³-hybridized carbons (Fsp3) is 0.308. The molecule has 0 unspecified atom stereocenters. The van der Waals surface area contributed by atoms with Crippen LogP contribution in [0.25, 0.3) is 0 Å². The Morgan fingerprint density at radius 2 is 2.27 bits per heavy atom. The van der Waals surface area contributed by atoms with E-state index in [0.717, 1.165) is 18.5 Å². The van der Waals surface area contributed by atoms with E-state index in [9.17, 15) is 4.79 Å². The Labute approximate surface area is 89.9 Å². The first-order valence-electron chi connectivity index (χ1n) is 5.14. The van der Waals surface area contributed by atoms with E-state index in [1.165, 1.54) is 5.56 Å². The van der Waals surface area contributed by atoms with Gasteiger partial charge in [0, 0.05) is 24.6 Å². The Kier molecular flexibility index (Phi) is 2.73. The summed E-state index contributed by atoms with van der Waals surface area (Å²) in [4.78, 5) is 12.9. The van der Waals surface area contributed by atoms with Crippen molar-refractivity contribution in [1.82, 2.24) is 4.90 Å². The standard InChI is InChI=1S/C13H13NO/c1-11-4-2-5-12(10-11)7-9-14-8-3-6-13(14)15/h2,4-5,10H,3,6,8H2,1H3. The summed E-state index contributed by atoms with van der Waals surface area (Å²) in [5.74, 6) is 3.16. The molecular weight excluding hydrogens is 186 g/mol. The average molecular weight is 199 g/mol. The lowest BCUT2D eigenvalue weighted by Crippen LogP contribution is -2.17. The van der Waals surface area contributed by atoms with Crippen LogP contribution in [0.3, 0.4) is 0 Å². The average Bonchev–Trinajstić information content (AvgIpc) is 2.61. The Balaban J connectivity index is 2.14. The van der Waals surface area contributed by atoms with Crippen LogP contribution in [0.1, 0.15) is 24.0 Å². The lowest BCUT2D eigenvalue weighted by atomic mass is 10.1. The zero-order chi connectivity index (χ0) is 10.7. The van der Waals surface area contributed by atoms with Gasteiger partial charge in [-0.05, 0) is 37.0 Å². The monoisotopic (exact) mass is 199 g/mol. The number of aryl methyl sites for hydroxylation is 1. The van der Waals surface area contributed by atoms with Gasteiger partial charge in [0.25, 0.3) is 0 Å². The molecule has 0 aliphatic carbocycles. The maximum Gasteiger partial charge on any atom is 0.234 e. The number of benzene rings is 1. The molecule has 1 aromatic rings. The first kappa shape index (κ1) is 9.79. The lowest BCUT2D eigenvalue weighted by Gasteiger charge is -2.03. The molecule has 76 valence electrons. The van der Waals surface area contributed by atoms with Gasteiger partial charge >= 0.3 is 0 Å². The van der Waals surface area contributed by atoms with Crippen LogP contribution >= 0.6 is 0 Å². The van der Waals surface area contributed by atoms with E-state index in [1.54, 1.807) is 4.90 Å². The number of carbonyl (C=O) groups is 1. The zero-order valence-corrected chi connectivity index (χ0v) is 8.79. The van der Waals surface area contributed by atoms with Gasteiger partial charge in [-0.2, -0.15) is 0 Å². The molecule has 1 aromatic carbocycles. The third kappa shape index (κ3) is 2.38. The van der Waals surface area contributed by atoms with E-state index >= 15 is 0 Å². The summed E-state index contributed by atoms with van der Waals surface area (Å²) in [5, 5.41) is 0. The van der Waals surface area contributed by atoms with Crippen LogP contribution in [0.2, 0.25) is 0 Å². The topological polar surface area (TPSA) is 20.3 Å². The maximum absolute atomic E-state index is 11.3. The molecule has 2 nitrogen and oxygen atoms in total. The molecule has 0 spiro atoms. The second-order valence-corrected chi connectivity index (χ2v) is 3.76. The zero-order valence-electron chi connectivity index (χ0n) is 8.79. The van der Waals surface area contributed by atoms with E-state index < -0.39 is 0 Å². The van der Waals surface area contributed by atoms with Gasteiger partial charge in [-0.25, -0.2) is 0 Å². The van der Waals surface area contributed by atoms with Crippen molar-refractivity contribution in [3.05, 3.63) is 35.4 Å². The molecule has 1 aliphatic heterocycles. The second-order valence-electron chi connectivity index (χ2n) is 3.76. The van der Waals surface area contributed by atoms with E-state index in [4.69, 9.17) is 0 Å². The molecule has 1 saturated heterocycles. The molecule has 0 bridgehead atoms. The first-order chi connectivity index (χ1) is 7.25. The third-order valence-electron chi connectivity index (χ3n) is 2.43. The molecule has 0 saturated carbocycles. The van der Waals surface area contributed by atoms with Crippen LogP contribution in [-0.2, 0) is 4.79 Å². The van der Waals surface area contributed by atoms with E-state index in [0.29, 0.717) is 6.42 Å². The number of nitrogens with zero attached hydrogens (tertiary/aromatic N) is 1. The van der Waals surface area contributed by atoms with E-state index in [-0.39, 0.29) is 5.91 Å². The fourth-order valence-electron chi connectivity index (χ4n) is 1.62. The van der Waals surface area contributed by atoms with Crippen LogP contribution in [0, 0.1) is 18.9 Å². The molecule has 15 heavy (non-hydrogen) atoms. The van der Waals surface area contributed by atoms with Crippen molar-refractivity contribution in [2.75, 3.05) is 6.54 Å². The summed E-state index contributed by atoms with van der Waals surface area (Å²) in [6.45, 7) is 2.81. The van der Waals surface area contributed by atoms with Crippen LogP contribution < -0.4 is 0 Å². The molecule has 0 N–H and O–H groups in total. The van der Waals surface area contributed by atoms with Crippen molar-refractivity contribution in [3.8, 4) is 12.0 Å². The first-order valence-corrected chi connectivity index (χ1v) is 5.14. The highest BCUT2D eigenvalue weighted by Gasteiger charge is 2.17. The summed E-state index contributed by atoms with van der Waals surface area (Å²) in [6.07, 6.45) is 1.57. The molecule has 1 fully saturated rings. The summed E-state index contributed by atoms with van der Waals surface area (Å²) in [6, 6.07) is 10.9. The van der Waals surface area contributed by atoms with Crippen molar-refractivity contribution in [2.24, 2.45) is 0 Å². The van der Waals surface area contributed by atoms with Crippen molar-refractivity contribution < 1.29 is 4.79 Å². The van der Waals surface area contributed by atoms with Gasteiger partial charge in [0.05, 0.1) is 0 Å². The number of carbonyl (C=O) groups excluding carboxylic acids is 1.